The Kier molecular flexibility index (Phi) is 5.04. The van der Waals surface area contributed by atoms with Crippen LogP contribution in [0.3, 0.4) is 0 Å². The van der Waals surface area contributed by atoms with Gasteiger partial charge in [0.1, 0.15) is 42.7 Å². The summed E-state index contributed by atoms with van der Waals surface area (Å²) in [5.74, 6) is -1.63. The zero-order valence-corrected chi connectivity index (χ0v) is 15.8. The zero-order chi connectivity index (χ0) is 19.6. The normalized spacial score (nSPS) is 51.0. The second kappa shape index (κ2) is 6.84. The second-order valence-electron chi connectivity index (χ2n) is 8.29. The van der Waals surface area contributed by atoms with Crippen LogP contribution >= 0.6 is 0 Å². The lowest BCUT2D eigenvalue weighted by Crippen LogP contribution is -2.58. The van der Waals surface area contributed by atoms with Crippen molar-refractivity contribution in [3.63, 3.8) is 0 Å². The molecule has 0 aromatic carbocycles. The van der Waals surface area contributed by atoms with Crippen molar-refractivity contribution in [3.05, 3.63) is 0 Å². The Morgan fingerprint density at radius 2 is 1.48 bits per heavy atom. The first-order valence-electron chi connectivity index (χ1n) is 9.20. The van der Waals surface area contributed by atoms with E-state index >= 15 is 0 Å². The summed E-state index contributed by atoms with van der Waals surface area (Å²) in [6, 6.07) is 0. The molecule has 4 heterocycles. The average Bonchev–Trinajstić information content (AvgIpc) is 3.06. The molecule has 0 aliphatic carbocycles. The summed E-state index contributed by atoms with van der Waals surface area (Å²) in [6.45, 7) is 7.10. The highest BCUT2D eigenvalue weighted by Gasteiger charge is 2.60. The van der Waals surface area contributed by atoms with E-state index in [0.717, 1.165) is 0 Å². The largest absolute Gasteiger partial charge is 0.388 e. The van der Waals surface area contributed by atoms with Gasteiger partial charge < -0.3 is 48.5 Å². The van der Waals surface area contributed by atoms with Crippen molar-refractivity contribution >= 4 is 0 Å². The molecule has 0 saturated carbocycles. The topological polar surface area (TPSA) is 125 Å². The van der Waals surface area contributed by atoms with Gasteiger partial charge in [0.25, 0.3) is 0 Å². The molecule has 27 heavy (non-hydrogen) atoms. The molecule has 9 atom stereocenters. The van der Waals surface area contributed by atoms with Crippen LogP contribution in [0.15, 0.2) is 0 Å². The van der Waals surface area contributed by atoms with Crippen molar-refractivity contribution in [1.82, 2.24) is 0 Å². The Balaban J connectivity index is 1.44. The van der Waals surface area contributed by atoms with Gasteiger partial charge in [-0.1, -0.05) is 0 Å². The molecular formula is C17H28O10. The molecule has 0 amide bonds. The Bertz CT molecular complexity index is 554. The van der Waals surface area contributed by atoms with Crippen molar-refractivity contribution in [3.8, 4) is 0 Å². The lowest BCUT2D eigenvalue weighted by atomic mass is 9.99. The molecular weight excluding hydrogens is 364 g/mol. The Labute approximate surface area is 157 Å². The maximum atomic E-state index is 10.0. The number of aliphatic hydroxyl groups is 3. The molecule has 156 valence electrons. The van der Waals surface area contributed by atoms with Gasteiger partial charge in [-0.3, -0.25) is 0 Å². The maximum absolute atomic E-state index is 10.0. The van der Waals surface area contributed by atoms with E-state index in [9.17, 15) is 15.3 Å². The number of hydrogen-bond acceptors (Lipinski definition) is 10. The maximum Gasteiger partial charge on any atom is 0.190 e. The Morgan fingerprint density at radius 3 is 2.22 bits per heavy atom. The molecule has 0 bridgehead atoms. The molecule has 4 rings (SSSR count). The van der Waals surface area contributed by atoms with E-state index in [1.165, 1.54) is 0 Å². The summed E-state index contributed by atoms with van der Waals surface area (Å²) >= 11 is 0. The van der Waals surface area contributed by atoms with Gasteiger partial charge in [-0.05, 0) is 27.7 Å². The van der Waals surface area contributed by atoms with Crippen molar-refractivity contribution in [1.29, 1.82) is 0 Å². The van der Waals surface area contributed by atoms with Crippen LogP contribution in [-0.4, -0.2) is 95.4 Å². The third kappa shape index (κ3) is 3.76. The van der Waals surface area contributed by atoms with Crippen LogP contribution in [0.2, 0.25) is 0 Å². The summed E-state index contributed by atoms with van der Waals surface area (Å²) in [5, 5.41) is 29.3. The minimum atomic E-state index is -1.37. The number of hydrogen-bond donors (Lipinski definition) is 3. The highest BCUT2D eigenvalue weighted by Crippen LogP contribution is 2.44. The standard InChI is InChI=1S/C17H28O10/c1-16(2)24-11-8(6-22-14-10(20)9(19)7(18)5-21-14)23-15-13(12(11)25-16)26-17(3,4)27-15/h7-15,18-20H,5-6H2,1-4H3/t7-,8-,9-,10+,11+,12+,13-,14-,15-/m1/s1. The summed E-state index contributed by atoms with van der Waals surface area (Å²) in [7, 11) is 0. The fraction of sp³-hybridized carbons (Fsp3) is 1.00. The van der Waals surface area contributed by atoms with Gasteiger partial charge in [-0.15, -0.1) is 0 Å². The Morgan fingerprint density at radius 1 is 0.852 bits per heavy atom. The van der Waals surface area contributed by atoms with E-state index in [1.807, 2.05) is 13.8 Å². The number of aliphatic hydroxyl groups excluding tert-OH is 3. The van der Waals surface area contributed by atoms with Crippen LogP contribution in [0.5, 0.6) is 0 Å². The molecule has 4 aliphatic heterocycles. The Hall–Kier alpha value is -0.400. The van der Waals surface area contributed by atoms with E-state index in [0.29, 0.717) is 0 Å². The third-order valence-electron chi connectivity index (χ3n) is 5.13. The minimum Gasteiger partial charge on any atom is -0.388 e. The minimum absolute atomic E-state index is 0.0121. The molecule has 0 aromatic heterocycles. The summed E-state index contributed by atoms with van der Waals surface area (Å²) in [4.78, 5) is 0. The summed E-state index contributed by atoms with van der Waals surface area (Å²) < 4.78 is 40.7. The molecule has 0 aromatic rings. The van der Waals surface area contributed by atoms with Gasteiger partial charge in [0.05, 0.1) is 13.2 Å². The van der Waals surface area contributed by atoms with E-state index in [-0.39, 0.29) is 13.2 Å². The summed E-state index contributed by atoms with van der Waals surface area (Å²) in [6.07, 6.45) is -7.46. The number of ether oxygens (including phenoxy) is 7. The van der Waals surface area contributed by atoms with Crippen molar-refractivity contribution < 1.29 is 48.5 Å². The molecule has 4 fully saturated rings. The first-order valence-corrected chi connectivity index (χ1v) is 9.20. The highest BCUT2D eigenvalue weighted by molar-refractivity contribution is 5.00. The molecule has 10 nitrogen and oxygen atoms in total. The summed E-state index contributed by atoms with van der Waals surface area (Å²) in [5.41, 5.74) is 0. The predicted octanol–water partition coefficient (Wildman–Crippen LogP) is -1.16. The van der Waals surface area contributed by atoms with Crippen molar-refractivity contribution in [2.75, 3.05) is 13.2 Å². The average molecular weight is 392 g/mol. The van der Waals surface area contributed by atoms with E-state index in [2.05, 4.69) is 0 Å². The molecule has 3 N–H and O–H groups in total. The molecule has 4 aliphatic rings. The molecule has 0 unspecified atom stereocenters. The molecule has 4 saturated heterocycles. The van der Waals surface area contributed by atoms with Crippen molar-refractivity contribution in [2.45, 2.75) is 94.6 Å². The van der Waals surface area contributed by atoms with Crippen molar-refractivity contribution in [2.24, 2.45) is 0 Å². The number of rotatable bonds is 3. The van der Waals surface area contributed by atoms with E-state index in [1.54, 1.807) is 13.8 Å². The zero-order valence-electron chi connectivity index (χ0n) is 15.8. The quantitative estimate of drug-likeness (QED) is 0.541. The molecule has 0 radical (unpaired) electrons. The lowest BCUT2D eigenvalue weighted by molar-refractivity contribution is -0.293. The smallest absolute Gasteiger partial charge is 0.190 e. The van der Waals surface area contributed by atoms with Gasteiger partial charge in [0.2, 0.25) is 0 Å². The molecule has 0 spiro atoms. The second-order valence-corrected chi connectivity index (χ2v) is 8.29. The number of fused-ring (bicyclic) bond motifs is 3. The van der Waals surface area contributed by atoms with E-state index < -0.39 is 66.9 Å². The van der Waals surface area contributed by atoms with Crippen LogP contribution in [0.25, 0.3) is 0 Å². The fourth-order valence-corrected chi connectivity index (χ4v) is 3.94. The van der Waals surface area contributed by atoms with Gasteiger partial charge in [-0.2, -0.15) is 0 Å². The third-order valence-corrected chi connectivity index (χ3v) is 5.13. The van der Waals surface area contributed by atoms with Gasteiger partial charge in [0, 0.05) is 0 Å². The first-order chi connectivity index (χ1) is 12.6. The van der Waals surface area contributed by atoms with Crippen LogP contribution in [0.1, 0.15) is 27.7 Å². The predicted molar refractivity (Wildman–Crippen MR) is 86.2 cm³/mol. The fourth-order valence-electron chi connectivity index (χ4n) is 3.94. The monoisotopic (exact) mass is 392 g/mol. The highest BCUT2D eigenvalue weighted by atomic mass is 16.9. The van der Waals surface area contributed by atoms with Gasteiger partial charge in [0.15, 0.2) is 24.2 Å². The lowest BCUT2D eigenvalue weighted by Gasteiger charge is -2.39. The van der Waals surface area contributed by atoms with Crippen LogP contribution in [0, 0.1) is 0 Å². The van der Waals surface area contributed by atoms with E-state index in [4.69, 9.17) is 33.2 Å². The molecule has 10 heteroatoms. The van der Waals surface area contributed by atoms with Crippen LogP contribution in [-0.2, 0) is 33.2 Å². The van der Waals surface area contributed by atoms with Gasteiger partial charge >= 0.3 is 0 Å². The SMILES string of the molecule is CC1(C)O[C@H]2[C@@H](O1)[C@@H](CO[C@H]1OC[C@@H](O)[C@@H](O)[C@@H]1O)O[C@@H]1OC(C)(C)O[C@@H]12. The van der Waals surface area contributed by atoms with Gasteiger partial charge in [-0.25, -0.2) is 0 Å². The van der Waals surface area contributed by atoms with Crippen LogP contribution < -0.4 is 0 Å². The first kappa shape index (κ1) is 19.9. The van der Waals surface area contributed by atoms with Crippen LogP contribution in [0.4, 0.5) is 0 Å².